The predicted molar refractivity (Wildman–Crippen MR) is 90.1 cm³/mol. The monoisotopic (exact) mass is 352 g/mol. The van der Waals surface area contributed by atoms with E-state index in [0.29, 0.717) is 12.1 Å². The summed E-state index contributed by atoms with van der Waals surface area (Å²) >= 11 is 0. The van der Waals surface area contributed by atoms with Crippen molar-refractivity contribution in [3.63, 3.8) is 0 Å². The molecule has 2 heterocycles. The first-order chi connectivity index (χ1) is 12.5. The van der Waals surface area contributed by atoms with E-state index in [9.17, 15) is 14.8 Å². The summed E-state index contributed by atoms with van der Waals surface area (Å²) in [6.45, 7) is 1.69. The molecule has 2 aromatic heterocycles. The molecule has 1 aromatic carbocycles. The second kappa shape index (κ2) is 5.92. The standard InChI is InChI=1S/C18H16N4O4/c1-10-8-13(19-16-9-14(18(24)25)20-21(10)16)17(23)22(26)15-7-6-11-4-2-3-5-12(11)15/h2-5,8-9,15,26H,6-7H2,1H3,(H,24,25). The van der Waals surface area contributed by atoms with Gasteiger partial charge in [0.05, 0.1) is 6.04 Å². The molecule has 1 unspecified atom stereocenters. The number of amides is 1. The minimum absolute atomic E-state index is 0.0405. The molecule has 0 bridgehead atoms. The van der Waals surface area contributed by atoms with Crippen LogP contribution in [0.1, 0.15) is 50.3 Å². The number of hydrogen-bond donors (Lipinski definition) is 2. The second-order valence-electron chi connectivity index (χ2n) is 6.29. The maximum atomic E-state index is 12.7. The van der Waals surface area contributed by atoms with E-state index >= 15 is 0 Å². The Morgan fingerprint density at radius 1 is 1.23 bits per heavy atom. The van der Waals surface area contributed by atoms with Crippen molar-refractivity contribution in [2.75, 3.05) is 0 Å². The fourth-order valence-corrected chi connectivity index (χ4v) is 3.39. The highest BCUT2D eigenvalue weighted by Gasteiger charge is 2.31. The lowest BCUT2D eigenvalue weighted by Crippen LogP contribution is -2.31. The molecule has 0 saturated heterocycles. The number of aromatic carboxylic acids is 1. The molecular formula is C18H16N4O4. The van der Waals surface area contributed by atoms with Gasteiger partial charge < -0.3 is 5.11 Å². The third-order valence-corrected chi connectivity index (χ3v) is 4.65. The summed E-state index contributed by atoms with van der Waals surface area (Å²) in [4.78, 5) is 28.0. The molecule has 1 aliphatic carbocycles. The Morgan fingerprint density at radius 2 is 2.00 bits per heavy atom. The van der Waals surface area contributed by atoms with Crippen LogP contribution in [-0.2, 0) is 6.42 Å². The Bertz CT molecular complexity index is 1040. The van der Waals surface area contributed by atoms with E-state index in [4.69, 9.17) is 5.11 Å². The number of hydroxylamine groups is 2. The highest BCUT2D eigenvalue weighted by Crippen LogP contribution is 2.35. The van der Waals surface area contributed by atoms with E-state index in [1.807, 2.05) is 24.3 Å². The average Bonchev–Trinajstić information content (AvgIpc) is 3.25. The lowest BCUT2D eigenvalue weighted by atomic mass is 10.1. The van der Waals surface area contributed by atoms with Crippen molar-refractivity contribution in [2.24, 2.45) is 0 Å². The first kappa shape index (κ1) is 16.2. The van der Waals surface area contributed by atoms with Crippen molar-refractivity contribution < 1.29 is 19.9 Å². The van der Waals surface area contributed by atoms with Crippen LogP contribution in [0.2, 0.25) is 0 Å². The van der Waals surface area contributed by atoms with Crippen LogP contribution in [0, 0.1) is 6.92 Å². The van der Waals surface area contributed by atoms with E-state index in [0.717, 1.165) is 22.6 Å². The fourth-order valence-electron chi connectivity index (χ4n) is 3.39. The Morgan fingerprint density at radius 3 is 2.77 bits per heavy atom. The van der Waals surface area contributed by atoms with Gasteiger partial charge in [-0.1, -0.05) is 24.3 Å². The van der Waals surface area contributed by atoms with Gasteiger partial charge in [0.1, 0.15) is 5.69 Å². The maximum absolute atomic E-state index is 12.7. The molecule has 0 saturated carbocycles. The predicted octanol–water partition coefficient (Wildman–Crippen LogP) is 2.25. The third-order valence-electron chi connectivity index (χ3n) is 4.65. The molecule has 1 aliphatic rings. The van der Waals surface area contributed by atoms with Crippen molar-refractivity contribution in [2.45, 2.75) is 25.8 Å². The number of benzene rings is 1. The largest absolute Gasteiger partial charge is 0.476 e. The summed E-state index contributed by atoms with van der Waals surface area (Å²) in [5, 5.41) is 24.2. The lowest BCUT2D eigenvalue weighted by Gasteiger charge is -2.22. The number of aryl methyl sites for hydroxylation is 2. The molecule has 0 radical (unpaired) electrons. The number of carbonyl (C=O) groups is 2. The summed E-state index contributed by atoms with van der Waals surface area (Å²) in [7, 11) is 0. The number of hydrogen-bond acceptors (Lipinski definition) is 5. The Balaban J connectivity index is 1.69. The van der Waals surface area contributed by atoms with Gasteiger partial charge >= 0.3 is 5.97 Å². The number of aromatic nitrogens is 3. The Kier molecular flexibility index (Phi) is 3.69. The van der Waals surface area contributed by atoms with Gasteiger partial charge in [-0.3, -0.25) is 10.0 Å². The summed E-state index contributed by atoms with van der Waals surface area (Å²) in [6.07, 6.45) is 1.43. The Labute approximate surface area is 148 Å². The molecule has 0 aliphatic heterocycles. The van der Waals surface area contributed by atoms with Crippen LogP contribution >= 0.6 is 0 Å². The summed E-state index contributed by atoms with van der Waals surface area (Å²) < 4.78 is 1.35. The van der Waals surface area contributed by atoms with E-state index < -0.39 is 17.9 Å². The molecule has 1 atom stereocenters. The van der Waals surface area contributed by atoms with Gasteiger partial charge in [-0.05, 0) is 37.0 Å². The van der Waals surface area contributed by atoms with Crippen molar-refractivity contribution in [1.82, 2.24) is 19.7 Å². The normalized spacial score (nSPS) is 15.8. The van der Waals surface area contributed by atoms with Gasteiger partial charge in [-0.2, -0.15) is 5.10 Å². The third kappa shape index (κ3) is 2.51. The van der Waals surface area contributed by atoms with E-state index in [1.54, 1.807) is 6.92 Å². The molecule has 0 spiro atoms. The van der Waals surface area contributed by atoms with Gasteiger partial charge in [0.25, 0.3) is 5.91 Å². The second-order valence-corrected chi connectivity index (χ2v) is 6.29. The zero-order valence-electron chi connectivity index (χ0n) is 14.0. The number of fused-ring (bicyclic) bond motifs is 2. The van der Waals surface area contributed by atoms with E-state index in [1.165, 1.54) is 16.6 Å². The zero-order valence-corrected chi connectivity index (χ0v) is 14.0. The van der Waals surface area contributed by atoms with Crippen molar-refractivity contribution in [1.29, 1.82) is 0 Å². The minimum Gasteiger partial charge on any atom is -0.476 e. The maximum Gasteiger partial charge on any atom is 0.356 e. The minimum atomic E-state index is -1.17. The highest BCUT2D eigenvalue weighted by atomic mass is 16.5. The molecule has 4 rings (SSSR count). The summed E-state index contributed by atoms with van der Waals surface area (Å²) in [6, 6.07) is 10.1. The van der Waals surface area contributed by atoms with Crippen LogP contribution in [0.4, 0.5) is 0 Å². The van der Waals surface area contributed by atoms with Crippen LogP contribution in [0.15, 0.2) is 36.4 Å². The smallest absolute Gasteiger partial charge is 0.356 e. The van der Waals surface area contributed by atoms with Crippen molar-refractivity contribution >= 4 is 17.5 Å². The quantitative estimate of drug-likeness (QED) is 0.553. The van der Waals surface area contributed by atoms with Crippen molar-refractivity contribution in [3.05, 3.63) is 64.6 Å². The van der Waals surface area contributed by atoms with Gasteiger partial charge in [-0.15, -0.1) is 0 Å². The number of carboxylic acid groups (broad SMARTS) is 1. The molecule has 2 N–H and O–H groups in total. The van der Waals surface area contributed by atoms with Gasteiger partial charge in [0.2, 0.25) is 0 Å². The van der Waals surface area contributed by atoms with Gasteiger partial charge in [0, 0.05) is 11.8 Å². The molecular weight excluding hydrogens is 336 g/mol. The molecule has 26 heavy (non-hydrogen) atoms. The molecule has 3 aromatic rings. The lowest BCUT2D eigenvalue weighted by molar-refractivity contribution is -0.0899. The van der Waals surface area contributed by atoms with Crippen LogP contribution in [-0.4, -0.2) is 41.9 Å². The van der Waals surface area contributed by atoms with Crippen LogP contribution in [0.25, 0.3) is 5.65 Å². The molecule has 8 heteroatoms. The molecule has 0 fully saturated rings. The first-order valence-electron chi connectivity index (χ1n) is 8.16. The van der Waals surface area contributed by atoms with Crippen LogP contribution < -0.4 is 0 Å². The zero-order chi connectivity index (χ0) is 18.4. The van der Waals surface area contributed by atoms with Crippen LogP contribution in [0.5, 0.6) is 0 Å². The molecule has 132 valence electrons. The number of carbonyl (C=O) groups excluding carboxylic acids is 1. The Hall–Kier alpha value is -3.26. The molecule has 1 amide bonds. The summed E-state index contributed by atoms with van der Waals surface area (Å²) in [5.74, 6) is -1.80. The highest BCUT2D eigenvalue weighted by molar-refractivity contribution is 5.93. The van der Waals surface area contributed by atoms with Crippen LogP contribution in [0.3, 0.4) is 0 Å². The van der Waals surface area contributed by atoms with Gasteiger partial charge in [-0.25, -0.2) is 19.4 Å². The first-order valence-corrected chi connectivity index (χ1v) is 8.16. The summed E-state index contributed by atoms with van der Waals surface area (Å²) in [5.41, 5.74) is 2.72. The topological polar surface area (TPSA) is 108 Å². The number of rotatable bonds is 3. The average molecular weight is 352 g/mol. The molecule has 8 nitrogen and oxygen atoms in total. The number of carboxylic acids is 1. The number of nitrogens with zero attached hydrogens (tertiary/aromatic N) is 4. The van der Waals surface area contributed by atoms with E-state index in [2.05, 4.69) is 10.1 Å². The van der Waals surface area contributed by atoms with Gasteiger partial charge in [0.15, 0.2) is 11.3 Å². The van der Waals surface area contributed by atoms with Crippen molar-refractivity contribution in [3.8, 4) is 0 Å². The SMILES string of the molecule is Cc1cc(C(=O)N(O)C2CCc3ccccc32)nc2cc(C(=O)O)nn12. The fraction of sp³-hybridized carbons (Fsp3) is 0.222. The van der Waals surface area contributed by atoms with E-state index in [-0.39, 0.29) is 17.0 Å².